The first-order valence-corrected chi connectivity index (χ1v) is 11.6. The molecule has 1 saturated heterocycles. The van der Waals surface area contributed by atoms with Gasteiger partial charge in [-0.05, 0) is 66.6 Å². The lowest BCUT2D eigenvalue weighted by Gasteiger charge is -2.38. The fourth-order valence-corrected chi connectivity index (χ4v) is 4.57. The van der Waals surface area contributed by atoms with Crippen molar-refractivity contribution in [1.29, 1.82) is 0 Å². The standard InChI is InChI=1S/C24H30ClFN6/c1-2-18-15-21(26)8-5-19(18)16-32(12-9-17-3-6-20(25)7-4-17)22-10-13-31(14-11-22)24-28-23(27)29-30-24/h3-8,15,22H,2,9-14,16H2,1H3,(H3,27,28,29,30). The average Bonchev–Trinajstić information content (AvgIpc) is 3.25. The van der Waals surface area contributed by atoms with E-state index in [4.69, 9.17) is 17.3 Å². The van der Waals surface area contributed by atoms with E-state index >= 15 is 0 Å². The number of halogens is 2. The summed E-state index contributed by atoms with van der Waals surface area (Å²) in [5.41, 5.74) is 9.24. The zero-order valence-corrected chi connectivity index (χ0v) is 19.2. The molecule has 0 aliphatic carbocycles. The lowest BCUT2D eigenvalue weighted by atomic mass is 9.99. The molecule has 1 aliphatic heterocycles. The van der Waals surface area contributed by atoms with Gasteiger partial charge in [0, 0.05) is 37.2 Å². The molecule has 0 spiro atoms. The molecule has 2 heterocycles. The molecule has 1 fully saturated rings. The molecular formula is C24H30ClFN6. The number of aromatic amines is 1. The molecule has 3 aromatic rings. The van der Waals surface area contributed by atoms with E-state index in [0.717, 1.165) is 62.4 Å². The highest BCUT2D eigenvalue weighted by molar-refractivity contribution is 6.30. The van der Waals surface area contributed by atoms with E-state index < -0.39 is 0 Å². The zero-order chi connectivity index (χ0) is 22.5. The summed E-state index contributed by atoms with van der Waals surface area (Å²) in [5, 5.41) is 7.67. The van der Waals surface area contributed by atoms with Crippen molar-refractivity contribution >= 4 is 23.5 Å². The Bertz CT molecular complexity index is 1010. The maximum Gasteiger partial charge on any atom is 0.246 e. The summed E-state index contributed by atoms with van der Waals surface area (Å²) in [6, 6.07) is 13.7. The molecule has 0 bridgehead atoms. The van der Waals surface area contributed by atoms with Gasteiger partial charge >= 0.3 is 0 Å². The fourth-order valence-electron chi connectivity index (χ4n) is 4.45. The number of anilines is 2. The number of aromatic nitrogens is 3. The van der Waals surface area contributed by atoms with Gasteiger partial charge in [-0.1, -0.05) is 36.7 Å². The van der Waals surface area contributed by atoms with Gasteiger partial charge in [0.25, 0.3) is 0 Å². The lowest BCUT2D eigenvalue weighted by Crippen LogP contribution is -2.45. The predicted octanol–water partition coefficient (Wildman–Crippen LogP) is 4.46. The largest absolute Gasteiger partial charge is 0.368 e. The molecular weight excluding hydrogens is 427 g/mol. The third kappa shape index (κ3) is 5.58. The van der Waals surface area contributed by atoms with Gasteiger partial charge < -0.3 is 10.6 Å². The number of nitrogen functional groups attached to an aromatic ring is 1. The van der Waals surface area contributed by atoms with Gasteiger partial charge in [0.05, 0.1) is 0 Å². The molecule has 1 aliphatic rings. The molecule has 170 valence electrons. The Kier molecular flexibility index (Phi) is 7.27. The van der Waals surface area contributed by atoms with Gasteiger partial charge in [-0.2, -0.15) is 4.98 Å². The normalized spacial score (nSPS) is 14.9. The van der Waals surface area contributed by atoms with Crippen LogP contribution in [0.3, 0.4) is 0 Å². The average molecular weight is 457 g/mol. The summed E-state index contributed by atoms with van der Waals surface area (Å²) < 4.78 is 13.8. The highest BCUT2D eigenvalue weighted by Gasteiger charge is 2.26. The topological polar surface area (TPSA) is 74.1 Å². The Hall–Kier alpha value is -2.64. The van der Waals surface area contributed by atoms with E-state index in [1.807, 2.05) is 18.2 Å². The number of nitrogens with two attached hydrogens (primary N) is 1. The first-order valence-electron chi connectivity index (χ1n) is 11.2. The number of hydrogen-bond acceptors (Lipinski definition) is 5. The third-order valence-corrected chi connectivity index (χ3v) is 6.53. The van der Waals surface area contributed by atoms with Crippen molar-refractivity contribution in [3.8, 4) is 0 Å². The predicted molar refractivity (Wildman–Crippen MR) is 127 cm³/mol. The molecule has 0 saturated carbocycles. The second-order valence-electron chi connectivity index (χ2n) is 8.35. The first-order chi connectivity index (χ1) is 15.5. The molecule has 8 heteroatoms. The smallest absolute Gasteiger partial charge is 0.246 e. The van der Waals surface area contributed by atoms with E-state index in [2.05, 4.69) is 44.0 Å². The maximum atomic E-state index is 13.8. The van der Waals surface area contributed by atoms with E-state index in [1.54, 1.807) is 12.1 Å². The minimum Gasteiger partial charge on any atom is -0.368 e. The van der Waals surface area contributed by atoms with Crippen LogP contribution in [0.15, 0.2) is 42.5 Å². The number of aryl methyl sites for hydroxylation is 1. The van der Waals surface area contributed by atoms with Crippen LogP contribution in [-0.4, -0.2) is 45.8 Å². The van der Waals surface area contributed by atoms with Crippen LogP contribution in [0.1, 0.15) is 36.5 Å². The Morgan fingerprint density at radius 2 is 1.91 bits per heavy atom. The van der Waals surface area contributed by atoms with Crippen LogP contribution < -0.4 is 10.6 Å². The van der Waals surface area contributed by atoms with Crippen LogP contribution in [0, 0.1) is 5.82 Å². The SMILES string of the molecule is CCc1cc(F)ccc1CN(CCc1ccc(Cl)cc1)C1CCN(c2n[nH]c(N)n2)CC1. The van der Waals surface area contributed by atoms with E-state index in [-0.39, 0.29) is 5.82 Å². The van der Waals surface area contributed by atoms with Crippen molar-refractivity contribution in [2.24, 2.45) is 0 Å². The van der Waals surface area contributed by atoms with Crippen LogP contribution in [0.25, 0.3) is 0 Å². The molecule has 32 heavy (non-hydrogen) atoms. The second-order valence-corrected chi connectivity index (χ2v) is 8.79. The molecule has 0 amide bonds. The minimum absolute atomic E-state index is 0.169. The molecule has 0 unspecified atom stereocenters. The van der Waals surface area contributed by atoms with Gasteiger partial charge in [0.2, 0.25) is 11.9 Å². The molecule has 6 nitrogen and oxygen atoms in total. The number of nitrogens with zero attached hydrogens (tertiary/aromatic N) is 4. The first kappa shape index (κ1) is 22.6. The Morgan fingerprint density at radius 3 is 2.56 bits per heavy atom. The van der Waals surface area contributed by atoms with Crippen molar-refractivity contribution in [2.45, 2.75) is 45.2 Å². The molecule has 0 atom stereocenters. The lowest BCUT2D eigenvalue weighted by molar-refractivity contribution is 0.161. The van der Waals surface area contributed by atoms with Gasteiger partial charge in [-0.15, -0.1) is 5.10 Å². The van der Waals surface area contributed by atoms with Crippen LogP contribution >= 0.6 is 11.6 Å². The summed E-state index contributed by atoms with van der Waals surface area (Å²) in [5.74, 6) is 0.841. The van der Waals surface area contributed by atoms with E-state index in [1.165, 1.54) is 11.1 Å². The summed E-state index contributed by atoms with van der Waals surface area (Å²) in [6.07, 6.45) is 3.79. The van der Waals surface area contributed by atoms with E-state index in [0.29, 0.717) is 17.9 Å². The zero-order valence-electron chi connectivity index (χ0n) is 18.4. The van der Waals surface area contributed by atoms with Crippen molar-refractivity contribution in [2.75, 3.05) is 30.3 Å². The number of hydrogen-bond donors (Lipinski definition) is 2. The number of rotatable bonds is 8. The maximum absolute atomic E-state index is 13.8. The highest BCUT2D eigenvalue weighted by Crippen LogP contribution is 2.24. The van der Waals surface area contributed by atoms with Crippen molar-refractivity contribution in [1.82, 2.24) is 20.1 Å². The summed E-state index contributed by atoms with van der Waals surface area (Å²) in [7, 11) is 0. The van der Waals surface area contributed by atoms with Gasteiger partial charge in [0.15, 0.2) is 0 Å². The quantitative estimate of drug-likeness (QED) is 0.523. The third-order valence-electron chi connectivity index (χ3n) is 6.28. The molecule has 4 rings (SSSR count). The van der Waals surface area contributed by atoms with Crippen LogP contribution in [0.4, 0.5) is 16.3 Å². The van der Waals surface area contributed by atoms with Crippen LogP contribution in [-0.2, 0) is 19.4 Å². The van der Waals surface area contributed by atoms with Crippen molar-refractivity contribution in [3.63, 3.8) is 0 Å². The number of piperidine rings is 1. The van der Waals surface area contributed by atoms with E-state index in [9.17, 15) is 4.39 Å². The monoisotopic (exact) mass is 456 g/mol. The second kappa shape index (κ2) is 10.3. The summed E-state index contributed by atoms with van der Waals surface area (Å²) >= 11 is 6.05. The van der Waals surface area contributed by atoms with Gasteiger partial charge in [-0.3, -0.25) is 4.90 Å². The molecule has 0 radical (unpaired) electrons. The van der Waals surface area contributed by atoms with Crippen LogP contribution in [0.5, 0.6) is 0 Å². The minimum atomic E-state index is -0.169. The summed E-state index contributed by atoms with van der Waals surface area (Å²) in [4.78, 5) is 8.99. The van der Waals surface area contributed by atoms with Gasteiger partial charge in [0.1, 0.15) is 5.82 Å². The molecule has 3 N–H and O–H groups in total. The molecule has 1 aromatic heterocycles. The summed E-state index contributed by atoms with van der Waals surface area (Å²) in [6.45, 7) is 5.58. The Morgan fingerprint density at radius 1 is 1.16 bits per heavy atom. The molecule has 2 aromatic carbocycles. The number of nitrogens with one attached hydrogen (secondary N) is 1. The van der Waals surface area contributed by atoms with Gasteiger partial charge in [-0.25, -0.2) is 9.49 Å². The van der Waals surface area contributed by atoms with Crippen LogP contribution in [0.2, 0.25) is 5.02 Å². The number of benzene rings is 2. The van der Waals surface area contributed by atoms with Crippen molar-refractivity contribution in [3.05, 3.63) is 70.0 Å². The highest BCUT2D eigenvalue weighted by atomic mass is 35.5. The Labute approximate surface area is 193 Å². The fraction of sp³-hybridized carbons (Fsp3) is 0.417. The number of H-pyrrole nitrogens is 1. The van der Waals surface area contributed by atoms with Crippen molar-refractivity contribution < 1.29 is 4.39 Å². The Balaban J connectivity index is 1.47.